The van der Waals surface area contributed by atoms with Crippen LogP contribution in [0.5, 0.6) is 0 Å². The third-order valence-corrected chi connectivity index (χ3v) is 11.3. The summed E-state index contributed by atoms with van der Waals surface area (Å²) in [4.78, 5) is 57.7. The van der Waals surface area contributed by atoms with Gasteiger partial charge in [0, 0.05) is 68.3 Å². The maximum absolute atomic E-state index is 13.6. The highest BCUT2D eigenvalue weighted by Crippen LogP contribution is 2.33. The van der Waals surface area contributed by atoms with Crippen LogP contribution >= 0.6 is 0 Å². The molecule has 2 aliphatic rings. The zero-order chi connectivity index (χ0) is 47.7. The highest BCUT2D eigenvalue weighted by atomic mass is 19.1. The van der Waals surface area contributed by atoms with Gasteiger partial charge < -0.3 is 15.5 Å². The molecule has 1 aliphatic carbocycles. The van der Waals surface area contributed by atoms with Gasteiger partial charge in [0.2, 0.25) is 5.91 Å². The fourth-order valence-electron chi connectivity index (χ4n) is 7.64. The molecule has 68 heavy (non-hydrogen) atoms. The normalized spacial score (nSPS) is 13.1. The summed E-state index contributed by atoms with van der Waals surface area (Å²) in [5.74, 6) is -1.63. The minimum absolute atomic E-state index is 0. The fraction of sp³-hybridized carbons (Fsp3) is 0.204. The lowest BCUT2D eigenvalue weighted by molar-refractivity contribution is -0.127. The van der Waals surface area contributed by atoms with Crippen molar-refractivity contribution >= 4 is 39.8 Å². The Balaban J connectivity index is 0.000000219. The molecule has 14 heteroatoms. The lowest BCUT2D eigenvalue weighted by Gasteiger charge is -2.15. The summed E-state index contributed by atoms with van der Waals surface area (Å²) < 4.78 is 54.0. The van der Waals surface area contributed by atoms with Gasteiger partial charge in [0.15, 0.2) is 0 Å². The zero-order valence-electron chi connectivity index (χ0n) is 37.4. The Morgan fingerprint density at radius 2 is 0.941 bits per heavy atom. The molecule has 2 aromatic heterocycles. The number of hydrogen-bond acceptors (Lipinski definition) is 7. The maximum Gasteiger partial charge on any atom is 0.251 e. The van der Waals surface area contributed by atoms with Crippen molar-refractivity contribution in [1.29, 1.82) is 0 Å². The van der Waals surface area contributed by atoms with E-state index in [4.69, 9.17) is 19.9 Å². The molecule has 0 radical (unpaired) electrons. The van der Waals surface area contributed by atoms with E-state index >= 15 is 0 Å². The van der Waals surface area contributed by atoms with Gasteiger partial charge in [-0.3, -0.25) is 14.4 Å². The van der Waals surface area contributed by atoms with Crippen LogP contribution in [0.2, 0.25) is 0 Å². The van der Waals surface area contributed by atoms with Crippen LogP contribution in [0.3, 0.4) is 0 Å². The summed E-state index contributed by atoms with van der Waals surface area (Å²) >= 11 is 0. The molecule has 1 aliphatic heterocycles. The molecule has 2 N–H and O–H groups in total. The highest BCUT2D eigenvalue weighted by molar-refractivity contribution is 5.99. The average Bonchev–Trinajstić information content (AvgIpc) is 4.09. The van der Waals surface area contributed by atoms with Crippen LogP contribution in [0.4, 0.5) is 17.6 Å². The summed E-state index contributed by atoms with van der Waals surface area (Å²) in [5, 5.41) is 5.86. The molecule has 8 aromatic rings. The van der Waals surface area contributed by atoms with Gasteiger partial charge in [0.05, 0.1) is 44.8 Å². The van der Waals surface area contributed by atoms with Crippen molar-refractivity contribution in [1.82, 2.24) is 35.5 Å². The van der Waals surface area contributed by atoms with Gasteiger partial charge in [-0.05, 0) is 159 Å². The third-order valence-electron chi connectivity index (χ3n) is 11.3. The van der Waals surface area contributed by atoms with Crippen molar-refractivity contribution in [2.75, 3.05) is 19.6 Å². The SMILES string of the molecule is CC.O=C(NC1CC1)c1ccc2nc(-c3ccc(F)cc3)c(-c3ccc(F)cc3)nc2c1.O=C(NCCCN1CCCC1=O)c1ccc2nc(-c3ccc(F)cc3)c(-c3ccc(F)cc3)nc2c1.[HH].[HH]. The number of rotatable bonds is 11. The molecule has 10 nitrogen and oxygen atoms in total. The van der Waals surface area contributed by atoms with E-state index in [1.807, 2.05) is 18.7 Å². The van der Waals surface area contributed by atoms with Crippen molar-refractivity contribution in [3.05, 3.63) is 168 Å². The van der Waals surface area contributed by atoms with Gasteiger partial charge >= 0.3 is 0 Å². The zero-order valence-corrected chi connectivity index (χ0v) is 37.4. The summed E-state index contributed by atoms with van der Waals surface area (Å²) in [6.07, 6.45) is 4.20. The maximum atomic E-state index is 13.6. The molecule has 0 atom stereocenters. The molecule has 348 valence electrons. The number of amides is 3. The van der Waals surface area contributed by atoms with Gasteiger partial charge in [-0.25, -0.2) is 37.5 Å². The summed E-state index contributed by atoms with van der Waals surface area (Å²) in [5.41, 5.74) is 8.03. The number of aromatic nitrogens is 4. The first kappa shape index (κ1) is 46.7. The molecule has 1 saturated heterocycles. The van der Waals surface area contributed by atoms with Crippen molar-refractivity contribution in [2.24, 2.45) is 0 Å². The summed E-state index contributed by atoms with van der Waals surface area (Å²) in [6.45, 7) is 5.87. The Labute approximate surface area is 393 Å². The number of nitrogens with zero attached hydrogens (tertiary/aromatic N) is 5. The Hall–Kier alpha value is -7.87. The van der Waals surface area contributed by atoms with Crippen molar-refractivity contribution < 1.29 is 34.8 Å². The van der Waals surface area contributed by atoms with Crippen LogP contribution in [-0.2, 0) is 4.79 Å². The predicted molar refractivity (Wildman–Crippen MR) is 259 cm³/mol. The number of hydrogen-bond donors (Lipinski definition) is 2. The van der Waals surface area contributed by atoms with E-state index in [0.29, 0.717) is 104 Å². The molecule has 3 heterocycles. The van der Waals surface area contributed by atoms with E-state index in [1.54, 1.807) is 84.9 Å². The van der Waals surface area contributed by atoms with E-state index in [0.717, 1.165) is 25.8 Å². The standard InChI is InChI=1S/C28H24F2N4O2.C24H17F2N3O.C2H6.2H2/c29-21-9-4-18(5-10-21)26-27(19-6-11-22(30)12-7-19)33-24-17-20(8-13-23(24)32-26)28(36)31-14-2-16-34-15-1-3-25(34)35;25-17-6-1-14(2-7-17)22-23(15-3-8-18(26)9-4-15)29-21-13-16(5-12-20(21)28-22)24(30)27-19-10-11-19;1-2;;/h4-13,17H,1-3,14-16H2,(H,31,36);1-9,12-13,19H,10-11H2,(H,27,30);1-2H3;2*1H. The van der Waals surface area contributed by atoms with Crippen LogP contribution in [0.25, 0.3) is 67.1 Å². The molecular weight excluding hydrogens is 871 g/mol. The Bertz CT molecular complexity index is 3110. The first-order chi connectivity index (χ1) is 33.0. The van der Waals surface area contributed by atoms with E-state index in [1.165, 1.54) is 48.5 Å². The highest BCUT2D eigenvalue weighted by Gasteiger charge is 2.24. The van der Waals surface area contributed by atoms with Gasteiger partial charge in [-0.15, -0.1) is 0 Å². The number of fused-ring (bicyclic) bond motifs is 2. The minimum atomic E-state index is -0.371. The van der Waals surface area contributed by atoms with Crippen molar-refractivity contribution in [2.45, 2.75) is 52.0 Å². The van der Waals surface area contributed by atoms with Gasteiger partial charge in [-0.1, -0.05) is 13.8 Å². The number of nitrogens with one attached hydrogen (secondary N) is 2. The molecule has 1 saturated carbocycles. The van der Waals surface area contributed by atoms with E-state index in [-0.39, 0.29) is 49.9 Å². The van der Waals surface area contributed by atoms with Crippen LogP contribution in [0, 0.1) is 23.3 Å². The fourth-order valence-corrected chi connectivity index (χ4v) is 7.64. The Morgan fingerprint density at radius 1 is 0.559 bits per heavy atom. The Morgan fingerprint density at radius 3 is 1.31 bits per heavy atom. The predicted octanol–water partition coefficient (Wildman–Crippen LogP) is 11.6. The van der Waals surface area contributed by atoms with Gasteiger partial charge in [0.25, 0.3) is 11.8 Å². The number of carbonyl (C=O) groups is 3. The van der Waals surface area contributed by atoms with E-state index in [2.05, 4.69) is 10.6 Å². The van der Waals surface area contributed by atoms with Crippen LogP contribution in [-0.4, -0.2) is 68.2 Å². The third kappa shape index (κ3) is 11.2. The first-order valence-corrected chi connectivity index (χ1v) is 22.6. The lowest BCUT2D eigenvalue weighted by atomic mass is 10.0. The molecule has 2 fully saturated rings. The van der Waals surface area contributed by atoms with Crippen molar-refractivity contribution in [3.8, 4) is 45.0 Å². The average molecular weight is 922 g/mol. The smallest absolute Gasteiger partial charge is 0.251 e. The molecule has 0 spiro atoms. The number of halogens is 4. The number of benzene rings is 6. The molecule has 3 amide bonds. The molecule has 0 unspecified atom stereocenters. The summed E-state index contributed by atoms with van der Waals surface area (Å²) in [6, 6.07) is 34.3. The van der Waals surface area contributed by atoms with Crippen LogP contribution in [0.15, 0.2) is 133 Å². The Kier molecular flexibility index (Phi) is 14.5. The van der Waals surface area contributed by atoms with Crippen molar-refractivity contribution in [3.63, 3.8) is 0 Å². The second kappa shape index (κ2) is 21.2. The van der Waals surface area contributed by atoms with Gasteiger partial charge in [0.1, 0.15) is 23.3 Å². The lowest BCUT2D eigenvalue weighted by Crippen LogP contribution is -2.30. The number of likely N-dealkylation sites (tertiary alicyclic amines) is 1. The van der Waals surface area contributed by atoms with Crippen LogP contribution < -0.4 is 10.6 Å². The monoisotopic (exact) mass is 921 g/mol. The summed E-state index contributed by atoms with van der Waals surface area (Å²) in [7, 11) is 0. The van der Waals surface area contributed by atoms with E-state index in [9.17, 15) is 31.9 Å². The largest absolute Gasteiger partial charge is 0.352 e. The van der Waals surface area contributed by atoms with Crippen LogP contribution in [0.1, 0.15) is 69.5 Å². The topological polar surface area (TPSA) is 130 Å². The first-order valence-electron chi connectivity index (χ1n) is 22.6. The molecule has 6 aromatic carbocycles. The second-order valence-electron chi connectivity index (χ2n) is 16.1. The minimum Gasteiger partial charge on any atom is -0.352 e. The molecular formula is C54H51F4N7O3. The number of carbonyl (C=O) groups excluding carboxylic acids is 3. The molecule has 0 bridgehead atoms. The van der Waals surface area contributed by atoms with Gasteiger partial charge in [-0.2, -0.15) is 0 Å². The van der Waals surface area contributed by atoms with E-state index < -0.39 is 0 Å². The molecule has 10 rings (SSSR count). The quantitative estimate of drug-likeness (QED) is 0.0976. The second-order valence-corrected chi connectivity index (χ2v) is 16.1.